The van der Waals surface area contributed by atoms with E-state index < -0.39 is 17.7 Å². The number of hydrogen-bond donors (Lipinski definition) is 1. The summed E-state index contributed by atoms with van der Waals surface area (Å²) >= 11 is 0. The first-order chi connectivity index (χ1) is 11.8. The second-order valence-electron chi connectivity index (χ2n) is 7.10. The summed E-state index contributed by atoms with van der Waals surface area (Å²) in [5.74, 6) is 0. The Balaban J connectivity index is 2.02. The third-order valence-corrected chi connectivity index (χ3v) is 3.59. The Hall–Kier alpha value is -2.80. The van der Waals surface area contributed by atoms with Crippen LogP contribution in [-0.4, -0.2) is 17.7 Å². The van der Waals surface area contributed by atoms with Crippen molar-refractivity contribution < 1.29 is 9.53 Å². The van der Waals surface area contributed by atoms with Gasteiger partial charge in [0.2, 0.25) is 0 Å². The van der Waals surface area contributed by atoms with Crippen molar-refractivity contribution in [3.8, 4) is 17.2 Å². The Bertz CT molecular complexity index is 768. The molecule has 2 aromatic rings. The maximum Gasteiger partial charge on any atom is 0.408 e. The van der Waals surface area contributed by atoms with E-state index in [2.05, 4.69) is 36.5 Å². The fraction of sp³-hybridized carbons (Fsp3) is 0.333. The summed E-state index contributed by atoms with van der Waals surface area (Å²) in [4.78, 5) is 11.8. The molecule has 0 heterocycles. The van der Waals surface area contributed by atoms with E-state index in [1.807, 2.05) is 30.3 Å². The number of hydrogen-bond acceptors (Lipinski definition) is 3. The number of nitrogens with one attached hydrogen (secondary N) is 1. The van der Waals surface area contributed by atoms with E-state index in [-0.39, 0.29) is 0 Å². The Morgan fingerprint density at radius 2 is 1.84 bits per heavy atom. The fourth-order valence-electron chi connectivity index (χ4n) is 2.47. The van der Waals surface area contributed by atoms with Crippen LogP contribution in [0.1, 0.15) is 31.9 Å². The smallest absolute Gasteiger partial charge is 0.408 e. The molecular weight excluding hydrogens is 312 g/mol. The molecule has 0 saturated carbocycles. The van der Waals surface area contributed by atoms with E-state index in [4.69, 9.17) is 4.74 Å². The van der Waals surface area contributed by atoms with Gasteiger partial charge in [-0.15, -0.1) is 0 Å². The van der Waals surface area contributed by atoms with Crippen molar-refractivity contribution in [2.24, 2.45) is 0 Å². The van der Waals surface area contributed by atoms with Gasteiger partial charge in [0.1, 0.15) is 11.6 Å². The number of nitrogens with zero attached hydrogens (tertiary/aromatic N) is 1. The van der Waals surface area contributed by atoms with Crippen molar-refractivity contribution >= 4 is 6.09 Å². The number of aryl methyl sites for hydroxylation is 1. The van der Waals surface area contributed by atoms with Crippen molar-refractivity contribution in [3.05, 3.63) is 59.7 Å². The van der Waals surface area contributed by atoms with Crippen LogP contribution in [0.4, 0.5) is 4.79 Å². The Morgan fingerprint density at radius 3 is 2.40 bits per heavy atom. The molecular formula is C21H24N2O2. The highest BCUT2D eigenvalue weighted by atomic mass is 16.6. The highest BCUT2D eigenvalue weighted by Crippen LogP contribution is 2.21. The van der Waals surface area contributed by atoms with Crippen molar-refractivity contribution in [2.45, 2.75) is 45.8 Å². The zero-order valence-corrected chi connectivity index (χ0v) is 15.2. The minimum absolute atomic E-state index is 0.434. The lowest BCUT2D eigenvalue weighted by atomic mass is 10.00. The Kier molecular flexibility index (Phi) is 5.82. The molecule has 2 rings (SSSR count). The van der Waals surface area contributed by atoms with Gasteiger partial charge in [0.25, 0.3) is 0 Å². The van der Waals surface area contributed by atoms with E-state index in [1.54, 1.807) is 20.8 Å². The van der Waals surface area contributed by atoms with Gasteiger partial charge in [-0.3, -0.25) is 0 Å². The molecule has 0 aromatic heterocycles. The zero-order valence-electron chi connectivity index (χ0n) is 15.2. The van der Waals surface area contributed by atoms with Crippen LogP contribution in [0.5, 0.6) is 0 Å². The van der Waals surface area contributed by atoms with Crippen LogP contribution in [-0.2, 0) is 11.2 Å². The van der Waals surface area contributed by atoms with Crippen LogP contribution in [0.15, 0.2) is 48.5 Å². The predicted molar refractivity (Wildman–Crippen MR) is 99.1 cm³/mol. The van der Waals surface area contributed by atoms with E-state index in [0.717, 1.165) is 16.7 Å². The SMILES string of the molecule is Cc1cccc(-c2ccc(CC(C#N)NC(=O)OC(C)(C)C)cc2)c1. The average molecular weight is 336 g/mol. The first kappa shape index (κ1) is 18.5. The second kappa shape index (κ2) is 7.85. The molecule has 4 nitrogen and oxygen atoms in total. The topological polar surface area (TPSA) is 62.1 Å². The Labute approximate surface area is 149 Å². The number of alkyl carbamates (subject to hydrolysis) is 1. The number of amides is 1. The predicted octanol–water partition coefficient (Wildman–Crippen LogP) is 4.62. The first-order valence-corrected chi connectivity index (χ1v) is 8.32. The van der Waals surface area contributed by atoms with Crippen LogP contribution in [0.25, 0.3) is 11.1 Å². The van der Waals surface area contributed by atoms with Crippen LogP contribution < -0.4 is 5.32 Å². The fourth-order valence-corrected chi connectivity index (χ4v) is 2.47. The molecule has 1 atom stereocenters. The number of nitriles is 1. The van der Waals surface area contributed by atoms with Gasteiger partial charge in [-0.25, -0.2) is 4.79 Å². The molecule has 0 fully saturated rings. The summed E-state index contributed by atoms with van der Waals surface area (Å²) in [7, 11) is 0. The largest absolute Gasteiger partial charge is 0.444 e. The monoisotopic (exact) mass is 336 g/mol. The standard InChI is InChI=1S/C21H24N2O2/c1-15-6-5-7-18(12-15)17-10-8-16(9-11-17)13-19(14-22)23-20(24)25-21(2,3)4/h5-12,19H,13H2,1-4H3,(H,23,24). The molecule has 0 bridgehead atoms. The van der Waals surface area contributed by atoms with E-state index in [0.29, 0.717) is 6.42 Å². The molecule has 1 N–H and O–H groups in total. The van der Waals surface area contributed by atoms with Crippen molar-refractivity contribution in [3.63, 3.8) is 0 Å². The maximum absolute atomic E-state index is 11.8. The van der Waals surface area contributed by atoms with Gasteiger partial charge < -0.3 is 10.1 Å². The number of carbonyl (C=O) groups excluding carboxylic acids is 1. The zero-order chi connectivity index (χ0) is 18.4. The lowest BCUT2D eigenvalue weighted by Gasteiger charge is -2.21. The molecule has 4 heteroatoms. The van der Waals surface area contributed by atoms with Gasteiger partial charge in [0.05, 0.1) is 6.07 Å². The normalized spacial score (nSPS) is 12.1. The van der Waals surface area contributed by atoms with E-state index >= 15 is 0 Å². The molecule has 0 radical (unpaired) electrons. The highest BCUT2D eigenvalue weighted by Gasteiger charge is 2.19. The van der Waals surface area contributed by atoms with Gasteiger partial charge in [0, 0.05) is 6.42 Å². The molecule has 25 heavy (non-hydrogen) atoms. The molecule has 0 aliphatic heterocycles. The number of benzene rings is 2. The van der Waals surface area contributed by atoms with Gasteiger partial charge in [-0.05, 0) is 44.4 Å². The maximum atomic E-state index is 11.8. The van der Waals surface area contributed by atoms with Crippen molar-refractivity contribution in [2.75, 3.05) is 0 Å². The summed E-state index contributed by atoms with van der Waals surface area (Å²) in [5, 5.41) is 11.9. The average Bonchev–Trinajstić information content (AvgIpc) is 2.53. The lowest BCUT2D eigenvalue weighted by molar-refractivity contribution is 0.0516. The first-order valence-electron chi connectivity index (χ1n) is 8.32. The Morgan fingerprint density at radius 1 is 1.16 bits per heavy atom. The van der Waals surface area contributed by atoms with Crippen LogP contribution in [0, 0.1) is 18.3 Å². The van der Waals surface area contributed by atoms with Gasteiger partial charge >= 0.3 is 6.09 Å². The summed E-state index contributed by atoms with van der Waals surface area (Å²) in [5.41, 5.74) is 3.91. The molecule has 2 aromatic carbocycles. The van der Waals surface area contributed by atoms with Gasteiger partial charge in [-0.1, -0.05) is 54.1 Å². The molecule has 0 aliphatic carbocycles. The molecule has 0 saturated heterocycles. The summed E-state index contributed by atoms with van der Waals surface area (Å²) < 4.78 is 5.19. The van der Waals surface area contributed by atoms with E-state index in [1.165, 1.54) is 5.56 Å². The number of carbonyl (C=O) groups is 1. The summed E-state index contributed by atoms with van der Waals surface area (Å²) in [6.07, 6.45) is -0.139. The van der Waals surface area contributed by atoms with E-state index in [9.17, 15) is 10.1 Å². The molecule has 1 amide bonds. The van der Waals surface area contributed by atoms with Crippen molar-refractivity contribution in [1.29, 1.82) is 5.26 Å². The van der Waals surface area contributed by atoms with Crippen LogP contribution in [0.3, 0.4) is 0 Å². The minimum atomic E-state index is -0.625. The number of ether oxygens (including phenoxy) is 1. The molecule has 0 aliphatic rings. The second-order valence-corrected chi connectivity index (χ2v) is 7.10. The molecule has 0 spiro atoms. The van der Waals surface area contributed by atoms with Crippen molar-refractivity contribution in [1.82, 2.24) is 5.32 Å². The quantitative estimate of drug-likeness (QED) is 0.886. The summed E-state index contributed by atoms with van der Waals surface area (Å²) in [6.45, 7) is 7.44. The molecule has 1 unspecified atom stereocenters. The van der Waals surface area contributed by atoms with Crippen LogP contribution in [0.2, 0.25) is 0 Å². The summed E-state index contributed by atoms with van der Waals surface area (Å²) in [6, 6.07) is 17.8. The third-order valence-electron chi connectivity index (χ3n) is 3.59. The highest BCUT2D eigenvalue weighted by molar-refractivity contribution is 5.68. The lowest BCUT2D eigenvalue weighted by Crippen LogP contribution is -2.39. The van der Waals surface area contributed by atoms with Gasteiger partial charge in [-0.2, -0.15) is 5.26 Å². The third kappa shape index (κ3) is 5.96. The number of rotatable bonds is 4. The van der Waals surface area contributed by atoms with Crippen LogP contribution >= 0.6 is 0 Å². The minimum Gasteiger partial charge on any atom is -0.444 e. The van der Waals surface area contributed by atoms with Gasteiger partial charge in [0.15, 0.2) is 0 Å². The molecule has 130 valence electrons.